The second kappa shape index (κ2) is 3.63. The normalized spacial score (nSPS) is 15.1. The highest BCUT2D eigenvalue weighted by molar-refractivity contribution is 5.78. The molecule has 0 fully saturated rings. The minimum absolute atomic E-state index is 0.688. The van der Waals surface area contributed by atoms with Crippen molar-refractivity contribution in [3.05, 3.63) is 42.1 Å². The number of para-hydroxylation sites is 1. The lowest BCUT2D eigenvalue weighted by Gasteiger charge is -2.21. The molecule has 2 heteroatoms. The molecule has 78 valence electrons. The molecular formula is C13H15NO. The van der Waals surface area contributed by atoms with E-state index in [9.17, 15) is 5.11 Å². The van der Waals surface area contributed by atoms with E-state index in [2.05, 4.69) is 4.98 Å². The molecule has 0 aliphatic heterocycles. The van der Waals surface area contributed by atoms with E-state index in [0.29, 0.717) is 6.42 Å². The van der Waals surface area contributed by atoms with Gasteiger partial charge in [-0.15, -0.1) is 0 Å². The molecule has 1 N–H and O–H groups in total. The maximum absolute atomic E-state index is 10.1. The van der Waals surface area contributed by atoms with Gasteiger partial charge in [0.05, 0.1) is 11.1 Å². The Morgan fingerprint density at radius 2 is 2.07 bits per heavy atom. The Hall–Kier alpha value is -1.41. The topological polar surface area (TPSA) is 33.1 Å². The van der Waals surface area contributed by atoms with E-state index < -0.39 is 5.60 Å². The van der Waals surface area contributed by atoms with Crippen molar-refractivity contribution >= 4 is 10.9 Å². The molecule has 2 nitrogen and oxygen atoms in total. The highest BCUT2D eigenvalue weighted by Crippen LogP contribution is 2.25. The highest BCUT2D eigenvalue weighted by Gasteiger charge is 2.20. The van der Waals surface area contributed by atoms with Gasteiger partial charge in [-0.2, -0.15) is 0 Å². The molecule has 0 saturated heterocycles. The summed E-state index contributed by atoms with van der Waals surface area (Å²) in [6.07, 6.45) is 2.44. The van der Waals surface area contributed by atoms with Gasteiger partial charge in [0.25, 0.3) is 0 Å². The monoisotopic (exact) mass is 201 g/mol. The third-order valence-corrected chi connectivity index (χ3v) is 2.90. The van der Waals surface area contributed by atoms with Gasteiger partial charge in [-0.25, -0.2) is 0 Å². The summed E-state index contributed by atoms with van der Waals surface area (Å²) in [5.74, 6) is 0. The molecule has 0 aliphatic rings. The molecule has 0 amide bonds. The van der Waals surface area contributed by atoms with Crippen LogP contribution < -0.4 is 0 Å². The first-order valence-corrected chi connectivity index (χ1v) is 5.21. The van der Waals surface area contributed by atoms with E-state index in [4.69, 9.17) is 0 Å². The van der Waals surface area contributed by atoms with Crippen LogP contribution >= 0.6 is 0 Å². The first-order chi connectivity index (χ1) is 7.13. The number of aromatic nitrogens is 1. The third kappa shape index (κ3) is 1.85. The minimum Gasteiger partial charge on any atom is -0.385 e. The Morgan fingerprint density at radius 3 is 2.80 bits per heavy atom. The summed E-state index contributed by atoms with van der Waals surface area (Å²) in [5, 5.41) is 11.2. The van der Waals surface area contributed by atoms with Gasteiger partial charge < -0.3 is 5.11 Å². The number of fused-ring (bicyclic) bond motifs is 1. The molecule has 0 aliphatic carbocycles. The second-order valence-electron chi connectivity index (χ2n) is 4.04. The Morgan fingerprint density at radius 1 is 1.33 bits per heavy atom. The van der Waals surface area contributed by atoms with Crippen LogP contribution in [-0.4, -0.2) is 10.1 Å². The number of pyridine rings is 1. The Bertz CT molecular complexity index is 477. The van der Waals surface area contributed by atoms with E-state index in [1.807, 2.05) is 44.2 Å². The molecule has 1 aromatic heterocycles. The summed E-state index contributed by atoms with van der Waals surface area (Å²) in [5.41, 5.74) is 1.06. The standard InChI is InChI=1S/C13H15NO/c1-3-13(2,15)11-8-10-6-4-5-7-12(10)14-9-11/h4-9,15H,3H2,1-2H3. The third-order valence-electron chi connectivity index (χ3n) is 2.90. The first kappa shape index (κ1) is 10.1. The molecule has 1 atom stereocenters. The van der Waals surface area contributed by atoms with Crippen molar-refractivity contribution in [1.82, 2.24) is 4.98 Å². The van der Waals surface area contributed by atoms with Crippen LogP contribution in [0.4, 0.5) is 0 Å². The lowest BCUT2D eigenvalue weighted by atomic mass is 9.94. The molecule has 2 aromatic rings. The molecule has 1 unspecified atom stereocenters. The van der Waals surface area contributed by atoms with Crippen LogP contribution in [0.5, 0.6) is 0 Å². The van der Waals surface area contributed by atoms with E-state index in [1.54, 1.807) is 6.20 Å². The summed E-state index contributed by atoms with van der Waals surface area (Å²) in [6.45, 7) is 3.79. The van der Waals surface area contributed by atoms with Crippen LogP contribution in [0.25, 0.3) is 10.9 Å². The molecule has 0 radical (unpaired) electrons. The van der Waals surface area contributed by atoms with E-state index in [-0.39, 0.29) is 0 Å². The number of benzene rings is 1. The van der Waals surface area contributed by atoms with Crippen molar-refractivity contribution in [2.75, 3.05) is 0 Å². The van der Waals surface area contributed by atoms with Gasteiger partial charge in [0.1, 0.15) is 0 Å². The van der Waals surface area contributed by atoms with Gasteiger partial charge >= 0.3 is 0 Å². The average Bonchev–Trinajstić information content (AvgIpc) is 2.28. The summed E-state index contributed by atoms with van der Waals surface area (Å²) in [7, 11) is 0. The van der Waals surface area contributed by atoms with Crippen molar-refractivity contribution in [2.45, 2.75) is 25.9 Å². The first-order valence-electron chi connectivity index (χ1n) is 5.21. The summed E-state index contributed by atoms with van der Waals surface area (Å²) < 4.78 is 0. The predicted molar refractivity (Wildman–Crippen MR) is 61.6 cm³/mol. The van der Waals surface area contributed by atoms with E-state index >= 15 is 0 Å². The van der Waals surface area contributed by atoms with Gasteiger partial charge in [-0.1, -0.05) is 25.1 Å². The average molecular weight is 201 g/mol. The fraction of sp³-hybridized carbons (Fsp3) is 0.308. The van der Waals surface area contributed by atoms with Gasteiger partial charge in [0.15, 0.2) is 0 Å². The van der Waals surface area contributed by atoms with Crippen molar-refractivity contribution < 1.29 is 5.11 Å². The van der Waals surface area contributed by atoms with Crippen LogP contribution in [-0.2, 0) is 5.60 Å². The summed E-state index contributed by atoms with van der Waals surface area (Å²) in [4.78, 5) is 4.34. The van der Waals surface area contributed by atoms with Crippen molar-refractivity contribution in [3.63, 3.8) is 0 Å². The fourth-order valence-corrected chi connectivity index (χ4v) is 1.57. The lowest BCUT2D eigenvalue weighted by Crippen LogP contribution is -2.19. The number of rotatable bonds is 2. The van der Waals surface area contributed by atoms with Crippen LogP contribution in [0.1, 0.15) is 25.8 Å². The van der Waals surface area contributed by atoms with Gasteiger partial charge in [0.2, 0.25) is 0 Å². The number of hydrogen-bond donors (Lipinski definition) is 1. The smallest absolute Gasteiger partial charge is 0.0880 e. The Kier molecular flexibility index (Phi) is 2.45. The Labute approximate surface area is 89.6 Å². The van der Waals surface area contributed by atoms with E-state index in [1.165, 1.54) is 0 Å². The van der Waals surface area contributed by atoms with Crippen molar-refractivity contribution in [1.29, 1.82) is 0 Å². The second-order valence-corrected chi connectivity index (χ2v) is 4.04. The maximum atomic E-state index is 10.1. The van der Waals surface area contributed by atoms with Gasteiger partial charge in [-0.3, -0.25) is 4.98 Å². The van der Waals surface area contributed by atoms with E-state index in [0.717, 1.165) is 16.5 Å². The predicted octanol–water partition coefficient (Wildman–Crippen LogP) is 2.85. The highest BCUT2D eigenvalue weighted by atomic mass is 16.3. The maximum Gasteiger partial charge on any atom is 0.0880 e. The fourth-order valence-electron chi connectivity index (χ4n) is 1.57. The van der Waals surface area contributed by atoms with Gasteiger partial charge in [-0.05, 0) is 25.5 Å². The quantitative estimate of drug-likeness (QED) is 0.810. The molecule has 0 bridgehead atoms. The number of hydrogen-bond acceptors (Lipinski definition) is 2. The molecule has 2 rings (SSSR count). The van der Waals surface area contributed by atoms with Crippen LogP contribution in [0.15, 0.2) is 36.5 Å². The molecule has 0 spiro atoms. The summed E-state index contributed by atoms with van der Waals surface area (Å²) >= 11 is 0. The number of aliphatic hydroxyl groups is 1. The molecule has 1 aromatic carbocycles. The molecule has 15 heavy (non-hydrogen) atoms. The van der Waals surface area contributed by atoms with Gasteiger partial charge in [0, 0.05) is 17.1 Å². The molecule has 1 heterocycles. The van der Waals surface area contributed by atoms with Crippen molar-refractivity contribution in [2.24, 2.45) is 0 Å². The molecule has 0 saturated carbocycles. The van der Waals surface area contributed by atoms with Crippen LogP contribution in [0, 0.1) is 0 Å². The van der Waals surface area contributed by atoms with Crippen molar-refractivity contribution in [3.8, 4) is 0 Å². The Balaban J connectivity index is 2.56. The largest absolute Gasteiger partial charge is 0.385 e. The number of nitrogens with zero attached hydrogens (tertiary/aromatic N) is 1. The zero-order valence-corrected chi connectivity index (χ0v) is 9.07. The molecular weight excluding hydrogens is 186 g/mol. The lowest BCUT2D eigenvalue weighted by molar-refractivity contribution is 0.0529. The van der Waals surface area contributed by atoms with Crippen LogP contribution in [0.2, 0.25) is 0 Å². The summed E-state index contributed by atoms with van der Waals surface area (Å²) in [6, 6.07) is 9.94. The van der Waals surface area contributed by atoms with Crippen LogP contribution in [0.3, 0.4) is 0 Å². The zero-order chi connectivity index (χ0) is 10.9. The minimum atomic E-state index is -0.781. The SMILES string of the molecule is CCC(C)(O)c1cnc2ccccc2c1. The zero-order valence-electron chi connectivity index (χ0n) is 9.07.